The van der Waals surface area contributed by atoms with Crippen molar-refractivity contribution in [3.05, 3.63) is 29.8 Å². The minimum absolute atomic E-state index is 0.474. The second-order valence-corrected chi connectivity index (χ2v) is 3.47. The molecular formula is C8H7F3N2OS. The summed E-state index contributed by atoms with van der Waals surface area (Å²) < 4.78 is 38.6. The van der Waals surface area contributed by atoms with E-state index in [-0.39, 0.29) is 0 Å². The van der Waals surface area contributed by atoms with Gasteiger partial charge in [-0.2, -0.15) is 13.2 Å². The van der Waals surface area contributed by atoms with Crippen molar-refractivity contribution in [1.82, 2.24) is 4.72 Å². The van der Waals surface area contributed by atoms with Crippen molar-refractivity contribution in [2.75, 3.05) is 0 Å². The van der Waals surface area contributed by atoms with E-state index in [1.807, 2.05) is 0 Å². The molecule has 82 valence electrons. The normalized spacial score (nSPS) is 11.1. The molecule has 1 aromatic carbocycles. The number of benzene rings is 1. The Bertz CT molecular complexity index is 350. The monoisotopic (exact) mass is 236 g/mol. The molecule has 0 saturated heterocycles. The summed E-state index contributed by atoms with van der Waals surface area (Å²) in [7, 11) is 0. The lowest BCUT2D eigenvalue weighted by Gasteiger charge is -2.06. The fraction of sp³-hybridized carbons (Fsp3) is 0.125. The van der Waals surface area contributed by atoms with Gasteiger partial charge < -0.3 is 5.73 Å². The summed E-state index contributed by atoms with van der Waals surface area (Å²) in [5.41, 5.74) is 4.06. The molecule has 7 heteroatoms. The number of amides is 2. The Morgan fingerprint density at radius 1 is 1.27 bits per heavy atom. The lowest BCUT2D eigenvalue weighted by atomic mass is 10.2. The average molecular weight is 236 g/mol. The molecule has 0 aliphatic rings. The van der Waals surface area contributed by atoms with Crippen molar-refractivity contribution in [2.24, 2.45) is 5.73 Å². The van der Waals surface area contributed by atoms with Crippen LogP contribution < -0.4 is 10.5 Å². The van der Waals surface area contributed by atoms with Gasteiger partial charge in [0.05, 0.1) is 5.56 Å². The number of alkyl halides is 3. The Morgan fingerprint density at radius 2 is 1.80 bits per heavy atom. The van der Waals surface area contributed by atoms with Gasteiger partial charge in [-0.05, 0) is 36.2 Å². The van der Waals surface area contributed by atoms with Crippen molar-refractivity contribution in [3.8, 4) is 0 Å². The smallest absolute Gasteiger partial charge is 0.351 e. The van der Waals surface area contributed by atoms with Gasteiger partial charge in [-0.3, -0.25) is 4.72 Å². The van der Waals surface area contributed by atoms with Crippen molar-refractivity contribution in [3.63, 3.8) is 0 Å². The van der Waals surface area contributed by atoms with Gasteiger partial charge in [0.25, 0.3) is 0 Å². The molecule has 1 rings (SSSR count). The number of nitrogens with two attached hydrogens (primary N) is 1. The molecule has 0 atom stereocenters. The van der Waals surface area contributed by atoms with E-state index >= 15 is 0 Å². The maximum Gasteiger partial charge on any atom is 0.416 e. The summed E-state index contributed by atoms with van der Waals surface area (Å²) in [6.45, 7) is 0. The van der Waals surface area contributed by atoms with E-state index in [4.69, 9.17) is 5.73 Å². The number of hydrogen-bond acceptors (Lipinski definition) is 2. The van der Waals surface area contributed by atoms with Gasteiger partial charge in [0.2, 0.25) is 0 Å². The topological polar surface area (TPSA) is 55.1 Å². The van der Waals surface area contributed by atoms with Gasteiger partial charge >= 0.3 is 12.2 Å². The predicted octanol–water partition coefficient (Wildman–Crippen LogP) is 2.38. The van der Waals surface area contributed by atoms with Crippen LogP contribution in [0.15, 0.2) is 29.2 Å². The zero-order valence-electron chi connectivity index (χ0n) is 7.34. The van der Waals surface area contributed by atoms with Crippen LogP contribution in [0.4, 0.5) is 18.0 Å². The molecule has 0 aromatic heterocycles. The lowest BCUT2D eigenvalue weighted by Crippen LogP contribution is -2.22. The van der Waals surface area contributed by atoms with E-state index in [0.29, 0.717) is 4.90 Å². The zero-order valence-corrected chi connectivity index (χ0v) is 8.15. The molecule has 0 heterocycles. The first-order valence-electron chi connectivity index (χ1n) is 3.79. The molecule has 3 N–H and O–H groups in total. The van der Waals surface area contributed by atoms with Crippen LogP contribution in [0.1, 0.15) is 5.56 Å². The largest absolute Gasteiger partial charge is 0.416 e. The minimum Gasteiger partial charge on any atom is -0.351 e. The number of nitrogens with one attached hydrogen (secondary N) is 1. The highest BCUT2D eigenvalue weighted by atomic mass is 32.2. The zero-order chi connectivity index (χ0) is 11.5. The van der Waals surface area contributed by atoms with Crippen molar-refractivity contribution >= 4 is 18.0 Å². The van der Waals surface area contributed by atoms with Crippen LogP contribution >= 0.6 is 11.9 Å². The van der Waals surface area contributed by atoms with Crippen LogP contribution in [0.5, 0.6) is 0 Å². The minimum atomic E-state index is -4.35. The Hall–Kier alpha value is -1.37. The first-order chi connectivity index (χ1) is 6.89. The third-order valence-electron chi connectivity index (χ3n) is 1.45. The first-order valence-corrected chi connectivity index (χ1v) is 4.61. The SMILES string of the molecule is NC(=O)NSc1ccc(C(F)(F)F)cc1. The lowest BCUT2D eigenvalue weighted by molar-refractivity contribution is -0.137. The second kappa shape index (κ2) is 4.43. The first kappa shape index (κ1) is 11.7. The van der Waals surface area contributed by atoms with Crippen molar-refractivity contribution in [2.45, 2.75) is 11.1 Å². The maximum atomic E-state index is 12.1. The van der Waals surface area contributed by atoms with Crippen molar-refractivity contribution in [1.29, 1.82) is 0 Å². The molecule has 1 aromatic rings. The van der Waals surface area contributed by atoms with E-state index in [2.05, 4.69) is 4.72 Å². The van der Waals surface area contributed by atoms with Gasteiger partial charge in [-0.15, -0.1) is 0 Å². The van der Waals surface area contributed by atoms with Crippen LogP contribution in [0.25, 0.3) is 0 Å². The third kappa shape index (κ3) is 3.70. The molecule has 3 nitrogen and oxygen atoms in total. The fourth-order valence-electron chi connectivity index (χ4n) is 0.821. The number of hydrogen-bond donors (Lipinski definition) is 2. The highest BCUT2D eigenvalue weighted by Gasteiger charge is 2.29. The molecule has 15 heavy (non-hydrogen) atoms. The number of rotatable bonds is 2. The Balaban J connectivity index is 2.69. The standard InChI is InChI=1S/C8H7F3N2OS/c9-8(10,11)5-1-3-6(4-2-5)15-13-7(12)14/h1-4H,(H3,12,13,14). The predicted molar refractivity (Wildman–Crippen MR) is 50.0 cm³/mol. The van der Waals surface area contributed by atoms with Crippen molar-refractivity contribution < 1.29 is 18.0 Å². The molecule has 0 radical (unpaired) electrons. The van der Waals surface area contributed by atoms with Gasteiger partial charge in [0.1, 0.15) is 0 Å². The number of carbonyl (C=O) groups is 1. The fourth-order valence-corrected chi connectivity index (χ4v) is 1.31. The summed E-state index contributed by atoms with van der Waals surface area (Å²) in [6, 6.07) is 3.63. The van der Waals surface area contributed by atoms with Crippen LogP contribution in [0, 0.1) is 0 Å². The van der Waals surface area contributed by atoms with Crippen LogP contribution in [0.3, 0.4) is 0 Å². The van der Waals surface area contributed by atoms with E-state index in [0.717, 1.165) is 24.1 Å². The summed E-state index contributed by atoms with van der Waals surface area (Å²) in [6.07, 6.45) is -4.35. The molecule has 0 unspecified atom stereocenters. The maximum absolute atomic E-state index is 12.1. The number of urea groups is 1. The van der Waals surface area contributed by atoms with E-state index in [1.54, 1.807) is 0 Å². The Kier molecular flexibility index (Phi) is 3.46. The molecule has 0 fully saturated rings. The summed E-state index contributed by atoms with van der Waals surface area (Å²) in [5, 5.41) is 0. The summed E-state index contributed by atoms with van der Waals surface area (Å²) in [5.74, 6) is 0. The molecule has 0 aliphatic heterocycles. The van der Waals surface area contributed by atoms with Gasteiger partial charge in [-0.1, -0.05) is 0 Å². The molecule has 2 amide bonds. The quantitative estimate of drug-likeness (QED) is 0.774. The highest BCUT2D eigenvalue weighted by Crippen LogP contribution is 2.30. The molecule has 0 bridgehead atoms. The van der Waals surface area contributed by atoms with E-state index in [9.17, 15) is 18.0 Å². The summed E-state index contributed by atoms with van der Waals surface area (Å²) >= 11 is 0.856. The average Bonchev–Trinajstić information content (AvgIpc) is 2.14. The third-order valence-corrected chi connectivity index (χ3v) is 2.26. The van der Waals surface area contributed by atoms with Gasteiger partial charge in [-0.25, -0.2) is 4.79 Å². The number of halogens is 3. The number of primary amides is 1. The highest BCUT2D eigenvalue weighted by molar-refractivity contribution is 7.98. The number of carbonyl (C=O) groups excluding carboxylic acids is 1. The van der Waals surface area contributed by atoms with Crippen LogP contribution in [0.2, 0.25) is 0 Å². The van der Waals surface area contributed by atoms with Gasteiger partial charge in [0, 0.05) is 4.90 Å². The molecule has 0 aliphatic carbocycles. The Labute approximate surface area is 88.0 Å². The van der Waals surface area contributed by atoms with E-state index < -0.39 is 17.8 Å². The second-order valence-electron chi connectivity index (χ2n) is 2.59. The molecule has 0 saturated carbocycles. The Morgan fingerprint density at radius 3 is 2.20 bits per heavy atom. The van der Waals surface area contributed by atoms with Gasteiger partial charge in [0.15, 0.2) is 0 Å². The molecule has 0 spiro atoms. The molecular weight excluding hydrogens is 229 g/mol. The summed E-state index contributed by atoms with van der Waals surface area (Å²) in [4.78, 5) is 10.8. The van der Waals surface area contributed by atoms with Crippen LogP contribution in [-0.4, -0.2) is 6.03 Å². The van der Waals surface area contributed by atoms with E-state index in [1.165, 1.54) is 12.1 Å². The van der Waals surface area contributed by atoms with Crippen LogP contribution in [-0.2, 0) is 6.18 Å².